The molecule has 0 bridgehead atoms. The highest BCUT2D eigenvalue weighted by Crippen LogP contribution is 1.99. The van der Waals surface area contributed by atoms with Crippen LogP contribution in [0, 0.1) is 0 Å². The zero-order valence-electron chi connectivity index (χ0n) is 7.19. The Bertz CT molecular complexity index is 262. The van der Waals surface area contributed by atoms with Crippen molar-refractivity contribution < 1.29 is 9.63 Å². The summed E-state index contributed by atoms with van der Waals surface area (Å²) < 4.78 is 0. The maximum absolute atomic E-state index is 11.2. The topological polar surface area (TPSA) is 64.3 Å². The summed E-state index contributed by atoms with van der Waals surface area (Å²) in [5.74, 6) is -0.394. The minimum absolute atomic E-state index is 0.394. The van der Waals surface area contributed by atoms with Crippen LogP contribution in [0.3, 0.4) is 0 Å². The van der Waals surface area contributed by atoms with Crippen LogP contribution in [0.5, 0.6) is 0 Å². The van der Waals surface area contributed by atoms with Gasteiger partial charge in [0.1, 0.15) is 0 Å². The minimum atomic E-state index is -0.394. The molecule has 0 fully saturated rings. The van der Waals surface area contributed by atoms with Crippen molar-refractivity contribution in [3.8, 4) is 0 Å². The lowest BCUT2D eigenvalue weighted by Gasteiger charge is -2.03. The average molecular weight is 180 g/mol. The lowest BCUT2D eigenvalue weighted by atomic mass is 10.2. The summed E-state index contributed by atoms with van der Waals surface area (Å²) in [6.45, 7) is 0.890. The molecule has 0 heterocycles. The number of benzene rings is 1. The van der Waals surface area contributed by atoms with E-state index in [1.54, 1.807) is 24.3 Å². The smallest absolute Gasteiger partial charge is 0.356 e. The molecule has 0 saturated carbocycles. The van der Waals surface area contributed by atoms with Gasteiger partial charge in [0, 0.05) is 13.1 Å². The van der Waals surface area contributed by atoms with Crippen molar-refractivity contribution in [2.24, 2.45) is 5.73 Å². The van der Waals surface area contributed by atoms with E-state index in [0.29, 0.717) is 18.7 Å². The molecule has 1 aromatic carbocycles. The third-order valence-electron chi connectivity index (χ3n) is 1.42. The molecule has 0 atom stereocenters. The van der Waals surface area contributed by atoms with E-state index in [2.05, 4.69) is 5.48 Å². The number of hydrogen-bond donors (Lipinski definition) is 2. The molecule has 0 radical (unpaired) electrons. The first-order chi connectivity index (χ1) is 6.34. The highest BCUT2D eigenvalue weighted by Gasteiger charge is 2.04. The van der Waals surface area contributed by atoms with Crippen molar-refractivity contribution in [2.45, 2.75) is 0 Å². The van der Waals surface area contributed by atoms with Crippen molar-refractivity contribution >= 4 is 5.97 Å². The molecule has 0 aliphatic carbocycles. The molecule has 0 aromatic heterocycles. The molecule has 0 aliphatic rings. The number of carbonyl (C=O) groups excluding carboxylic acids is 1. The molecule has 0 saturated heterocycles. The van der Waals surface area contributed by atoms with Crippen LogP contribution in [0.1, 0.15) is 10.4 Å². The molecule has 0 amide bonds. The highest BCUT2D eigenvalue weighted by atomic mass is 16.7. The predicted octanol–water partition coefficient (Wildman–Crippen LogP) is 0.307. The Balaban J connectivity index is 2.40. The Morgan fingerprint density at radius 3 is 2.69 bits per heavy atom. The molecule has 70 valence electrons. The fourth-order valence-electron chi connectivity index (χ4n) is 0.809. The number of carbonyl (C=O) groups is 1. The van der Waals surface area contributed by atoms with Crippen molar-refractivity contribution in [1.29, 1.82) is 0 Å². The van der Waals surface area contributed by atoms with Crippen LogP contribution in [0.2, 0.25) is 0 Å². The molecule has 0 aliphatic heterocycles. The molecule has 0 unspecified atom stereocenters. The summed E-state index contributed by atoms with van der Waals surface area (Å²) in [6, 6.07) is 8.77. The van der Waals surface area contributed by atoms with Crippen molar-refractivity contribution in [3.63, 3.8) is 0 Å². The first-order valence-electron chi connectivity index (χ1n) is 4.03. The Hall–Kier alpha value is -1.39. The largest absolute Gasteiger partial charge is 0.367 e. The van der Waals surface area contributed by atoms with Gasteiger partial charge < -0.3 is 10.6 Å². The van der Waals surface area contributed by atoms with Crippen LogP contribution in [0.15, 0.2) is 30.3 Å². The number of nitrogens with one attached hydrogen (secondary N) is 1. The monoisotopic (exact) mass is 180 g/mol. The third kappa shape index (κ3) is 3.23. The number of rotatable bonds is 4. The van der Waals surface area contributed by atoms with Crippen LogP contribution in [-0.4, -0.2) is 19.1 Å². The summed E-state index contributed by atoms with van der Waals surface area (Å²) >= 11 is 0. The normalized spacial score (nSPS) is 9.62. The second-order valence-corrected chi connectivity index (χ2v) is 2.44. The van der Waals surface area contributed by atoms with Gasteiger partial charge in [0.05, 0.1) is 5.56 Å². The van der Waals surface area contributed by atoms with Gasteiger partial charge in [-0.15, -0.1) is 0 Å². The van der Waals surface area contributed by atoms with Gasteiger partial charge >= 0.3 is 5.97 Å². The van der Waals surface area contributed by atoms with Crippen LogP contribution >= 0.6 is 0 Å². The maximum Gasteiger partial charge on any atom is 0.356 e. The highest BCUT2D eigenvalue weighted by molar-refractivity contribution is 5.89. The van der Waals surface area contributed by atoms with E-state index in [1.165, 1.54) is 0 Å². The van der Waals surface area contributed by atoms with Gasteiger partial charge in [-0.3, -0.25) is 0 Å². The quantitative estimate of drug-likeness (QED) is 0.517. The fourth-order valence-corrected chi connectivity index (χ4v) is 0.809. The van der Waals surface area contributed by atoms with E-state index >= 15 is 0 Å². The van der Waals surface area contributed by atoms with Crippen molar-refractivity contribution in [3.05, 3.63) is 35.9 Å². The standard InChI is InChI=1S/C9H12N2O2/c10-6-7-11-13-9(12)8-4-2-1-3-5-8/h1-5,11H,6-7,10H2. The average Bonchev–Trinajstić information content (AvgIpc) is 2.19. The molecule has 13 heavy (non-hydrogen) atoms. The zero-order chi connectivity index (χ0) is 9.52. The zero-order valence-corrected chi connectivity index (χ0v) is 7.19. The van der Waals surface area contributed by atoms with Gasteiger partial charge in [-0.1, -0.05) is 18.2 Å². The molecule has 1 rings (SSSR count). The summed E-state index contributed by atoms with van der Waals surface area (Å²) in [6.07, 6.45) is 0. The summed E-state index contributed by atoms with van der Waals surface area (Å²) in [4.78, 5) is 15.9. The first-order valence-corrected chi connectivity index (χ1v) is 4.03. The Morgan fingerprint density at radius 1 is 1.38 bits per heavy atom. The number of hydrogen-bond acceptors (Lipinski definition) is 4. The van der Waals surface area contributed by atoms with Crippen LogP contribution < -0.4 is 11.2 Å². The van der Waals surface area contributed by atoms with Gasteiger partial charge in [0.15, 0.2) is 0 Å². The van der Waals surface area contributed by atoms with Crippen LogP contribution in [0.4, 0.5) is 0 Å². The summed E-state index contributed by atoms with van der Waals surface area (Å²) in [5, 5.41) is 0. The van der Waals surface area contributed by atoms with E-state index in [-0.39, 0.29) is 0 Å². The molecule has 1 aromatic rings. The Morgan fingerprint density at radius 2 is 2.08 bits per heavy atom. The minimum Gasteiger partial charge on any atom is -0.367 e. The second kappa shape index (κ2) is 5.29. The van der Waals surface area contributed by atoms with E-state index in [1.807, 2.05) is 6.07 Å². The van der Waals surface area contributed by atoms with E-state index in [0.717, 1.165) is 0 Å². The molecular formula is C9H12N2O2. The van der Waals surface area contributed by atoms with Gasteiger partial charge in [-0.25, -0.2) is 4.79 Å². The third-order valence-corrected chi connectivity index (χ3v) is 1.42. The number of hydroxylamine groups is 1. The Labute approximate surface area is 76.6 Å². The van der Waals surface area contributed by atoms with Gasteiger partial charge in [-0.05, 0) is 12.1 Å². The molecule has 0 spiro atoms. The molecule has 4 nitrogen and oxygen atoms in total. The fraction of sp³-hybridized carbons (Fsp3) is 0.222. The molecule has 3 N–H and O–H groups in total. The first kappa shape index (κ1) is 9.70. The summed E-state index contributed by atoms with van der Waals surface area (Å²) in [5.41, 5.74) is 8.18. The lowest BCUT2D eigenvalue weighted by Crippen LogP contribution is -2.25. The second-order valence-electron chi connectivity index (χ2n) is 2.44. The maximum atomic E-state index is 11.2. The van der Waals surface area contributed by atoms with Gasteiger partial charge in [-0.2, -0.15) is 5.48 Å². The summed E-state index contributed by atoms with van der Waals surface area (Å²) in [7, 11) is 0. The SMILES string of the molecule is NCCNOC(=O)c1ccccc1. The van der Waals surface area contributed by atoms with E-state index < -0.39 is 5.97 Å². The predicted molar refractivity (Wildman–Crippen MR) is 48.9 cm³/mol. The van der Waals surface area contributed by atoms with Crippen molar-refractivity contribution in [2.75, 3.05) is 13.1 Å². The van der Waals surface area contributed by atoms with Crippen LogP contribution in [-0.2, 0) is 4.84 Å². The lowest BCUT2D eigenvalue weighted by molar-refractivity contribution is 0.0261. The van der Waals surface area contributed by atoms with E-state index in [4.69, 9.17) is 10.6 Å². The molecule has 4 heteroatoms. The van der Waals surface area contributed by atoms with E-state index in [9.17, 15) is 4.79 Å². The molecular weight excluding hydrogens is 168 g/mol. The van der Waals surface area contributed by atoms with Gasteiger partial charge in [0.25, 0.3) is 0 Å². The Kier molecular flexibility index (Phi) is 3.95. The van der Waals surface area contributed by atoms with Crippen molar-refractivity contribution in [1.82, 2.24) is 5.48 Å². The van der Waals surface area contributed by atoms with Gasteiger partial charge in [0.2, 0.25) is 0 Å². The van der Waals surface area contributed by atoms with Crippen LogP contribution in [0.25, 0.3) is 0 Å². The number of nitrogens with two attached hydrogens (primary N) is 1.